The first-order valence-electron chi connectivity index (χ1n) is 5.71. The van der Waals surface area contributed by atoms with Gasteiger partial charge >= 0.3 is 6.09 Å². The van der Waals surface area contributed by atoms with Gasteiger partial charge in [-0.15, -0.1) is 0 Å². The van der Waals surface area contributed by atoms with E-state index in [9.17, 15) is 13.6 Å². The molecule has 0 aliphatic carbocycles. The average Bonchev–Trinajstić information content (AvgIpc) is 1.94. The van der Waals surface area contributed by atoms with E-state index in [2.05, 4.69) is 0 Å². The second-order valence-corrected chi connectivity index (χ2v) is 5.38. The van der Waals surface area contributed by atoms with E-state index in [-0.39, 0.29) is 26.1 Å². The number of amides is 1. The molecule has 0 unspecified atom stereocenters. The molecule has 0 radical (unpaired) electrons. The monoisotopic (exact) mass is 250 g/mol. The molecule has 1 saturated heterocycles. The summed E-state index contributed by atoms with van der Waals surface area (Å²) in [5.41, 5.74) is 4.53. The molecule has 6 heteroatoms. The van der Waals surface area contributed by atoms with Gasteiger partial charge in [0.05, 0.1) is 5.92 Å². The number of carbonyl (C=O) groups excluding carboxylic acids is 1. The Balaban J connectivity index is 2.39. The molecule has 0 spiro atoms. The molecule has 0 aromatic rings. The van der Waals surface area contributed by atoms with E-state index < -0.39 is 23.5 Å². The van der Waals surface area contributed by atoms with Crippen LogP contribution >= 0.6 is 0 Å². The molecule has 0 aromatic carbocycles. The lowest BCUT2D eigenvalue weighted by molar-refractivity contribution is -0.118. The van der Waals surface area contributed by atoms with E-state index in [1.807, 2.05) is 0 Å². The van der Waals surface area contributed by atoms with Gasteiger partial charge in [0, 0.05) is 19.5 Å². The number of nitrogens with zero attached hydrogens (tertiary/aromatic N) is 1. The normalized spacial score (nSPS) is 17.9. The maximum atomic E-state index is 13.4. The maximum Gasteiger partial charge on any atom is 0.410 e. The summed E-state index contributed by atoms with van der Waals surface area (Å²) in [6.45, 7) is 5.27. The van der Waals surface area contributed by atoms with Crippen molar-refractivity contribution in [3.05, 3.63) is 0 Å². The van der Waals surface area contributed by atoms with Crippen LogP contribution in [0.4, 0.5) is 13.6 Å². The van der Waals surface area contributed by atoms with E-state index >= 15 is 0 Å². The van der Waals surface area contributed by atoms with Crippen LogP contribution in [0.3, 0.4) is 0 Å². The molecular formula is C11H20F2N2O2. The van der Waals surface area contributed by atoms with Gasteiger partial charge in [0.2, 0.25) is 0 Å². The van der Waals surface area contributed by atoms with E-state index in [4.69, 9.17) is 10.5 Å². The molecule has 17 heavy (non-hydrogen) atoms. The van der Waals surface area contributed by atoms with Crippen LogP contribution in [0.2, 0.25) is 0 Å². The standard InChI is InChI=1S/C11H20F2N2O2/c1-10(2,3)17-9(16)15-6-8(7-15)11(12,13)4-5-14/h8H,4-7,14H2,1-3H3. The largest absolute Gasteiger partial charge is 0.444 e. The van der Waals surface area contributed by atoms with Crippen LogP contribution in [0.15, 0.2) is 0 Å². The summed E-state index contributed by atoms with van der Waals surface area (Å²) in [5, 5.41) is 0. The Morgan fingerprint density at radius 2 is 1.94 bits per heavy atom. The van der Waals surface area contributed by atoms with Crippen LogP contribution in [-0.4, -0.2) is 42.2 Å². The van der Waals surface area contributed by atoms with Gasteiger partial charge in [-0.1, -0.05) is 0 Å². The number of hydrogen-bond donors (Lipinski definition) is 1. The zero-order valence-corrected chi connectivity index (χ0v) is 10.5. The Bertz CT molecular complexity index is 284. The number of likely N-dealkylation sites (tertiary alicyclic amines) is 1. The summed E-state index contributed by atoms with van der Waals surface area (Å²) in [6, 6.07) is 0. The number of carbonyl (C=O) groups is 1. The Morgan fingerprint density at radius 3 is 2.35 bits per heavy atom. The summed E-state index contributed by atoms with van der Waals surface area (Å²) in [4.78, 5) is 12.8. The van der Waals surface area contributed by atoms with Crippen LogP contribution < -0.4 is 5.73 Å². The van der Waals surface area contributed by atoms with Crippen molar-refractivity contribution in [1.29, 1.82) is 0 Å². The van der Waals surface area contributed by atoms with Crippen molar-refractivity contribution in [2.24, 2.45) is 11.7 Å². The highest BCUT2D eigenvalue weighted by Crippen LogP contribution is 2.35. The smallest absolute Gasteiger partial charge is 0.410 e. The number of rotatable bonds is 3. The third-order valence-electron chi connectivity index (χ3n) is 2.61. The third kappa shape index (κ3) is 3.80. The van der Waals surface area contributed by atoms with E-state index in [1.54, 1.807) is 20.8 Å². The van der Waals surface area contributed by atoms with Crippen molar-refractivity contribution in [1.82, 2.24) is 4.90 Å². The SMILES string of the molecule is CC(C)(C)OC(=O)N1CC(C(F)(F)CCN)C1. The van der Waals surface area contributed by atoms with Crippen LogP contribution in [0.5, 0.6) is 0 Å². The maximum absolute atomic E-state index is 13.4. The zero-order chi connectivity index (χ0) is 13.3. The zero-order valence-electron chi connectivity index (χ0n) is 10.5. The molecule has 1 aliphatic rings. The van der Waals surface area contributed by atoms with Crippen LogP contribution in [-0.2, 0) is 4.74 Å². The minimum absolute atomic E-state index is 0.0436. The van der Waals surface area contributed by atoms with E-state index in [0.29, 0.717) is 0 Å². The van der Waals surface area contributed by atoms with Gasteiger partial charge in [-0.05, 0) is 27.3 Å². The summed E-state index contributed by atoms with van der Waals surface area (Å²) in [7, 11) is 0. The summed E-state index contributed by atoms with van der Waals surface area (Å²) in [5.74, 6) is -3.58. The minimum Gasteiger partial charge on any atom is -0.444 e. The van der Waals surface area contributed by atoms with Gasteiger partial charge in [0.25, 0.3) is 5.92 Å². The van der Waals surface area contributed by atoms with E-state index in [0.717, 1.165) is 0 Å². The summed E-state index contributed by atoms with van der Waals surface area (Å²) in [6.07, 6.45) is -0.864. The number of ether oxygens (including phenoxy) is 1. The molecule has 100 valence electrons. The fourth-order valence-electron chi connectivity index (χ4n) is 1.62. The number of alkyl halides is 2. The molecule has 1 rings (SSSR count). The minimum atomic E-state index is -2.78. The lowest BCUT2D eigenvalue weighted by atomic mass is 9.91. The molecule has 2 N–H and O–H groups in total. The average molecular weight is 250 g/mol. The van der Waals surface area contributed by atoms with Gasteiger partial charge in [-0.25, -0.2) is 13.6 Å². The van der Waals surface area contributed by atoms with Crippen molar-refractivity contribution in [2.75, 3.05) is 19.6 Å². The summed E-state index contributed by atoms with van der Waals surface area (Å²) < 4.78 is 31.9. The Labute approximate surface area is 100 Å². The Kier molecular flexibility index (Phi) is 3.96. The molecule has 0 saturated carbocycles. The highest BCUT2D eigenvalue weighted by Gasteiger charge is 2.48. The Morgan fingerprint density at radius 1 is 1.41 bits per heavy atom. The highest BCUT2D eigenvalue weighted by molar-refractivity contribution is 5.69. The summed E-state index contributed by atoms with van der Waals surface area (Å²) >= 11 is 0. The molecule has 1 aliphatic heterocycles. The Hall–Kier alpha value is -0.910. The van der Waals surface area contributed by atoms with Crippen molar-refractivity contribution >= 4 is 6.09 Å². The second-order valence-electron chi connectivity index (χ2n) is 5.38. The quantitative estimate of drug-likeness (QED) is 0.831. The van der Waals surface area contributed by atoms with Crippen LogP contribution in [0.1, 0.15) is 27.2 Å². The van der Waals surface area contributed by atoms with Gasteiger partial charge in [-0.2, -0.15) is 0 Å². The molecule has 0 aromatic heterocycles. The van der Waals surface area contributed by atoms with Gasteiger partial charge in [0.15, 0.2) is 0 Å². The van der Waals surface area contributed by atoms with E-state index in [1.165, 1.54) is 4.90 Å². The van der Waals surface area contributed by atoms with Crippen LogP contribution in [0.25, 0.3) is 0 Å². The molecule has 1 fully saturated rings. The second kappa shape index (κ2) is 4.76. The first kappa shape index (κ1) is 14.2. The molecule has 0 atom stereocenters. The van der Waals surface area contributed by atoms with Crippen molar-refractivity contribution < 1.29 is 18.3 Å². The molecule has 1 amide bonds. The number of nitrogens with two attached hydrogens (primary N) is 1. The van der Waals surface area contributed by atoms with Crippen molar-refractivity contribution in [3.8, 4) is 0 Å². The first-order chi connectivity index (χ1) is 7.65. The molecule has 0 bridgehead atoms. The predicted molar refractivity (Wildman–Crippen MR) is 59.9 cm³/mol. The fraction of sp³-hybridized carbons (Fsp3) is 0.909. The fourth-order valence-corrected chi connectivity index (χ4v) is 1.62. The topological polar surface area (TPSA) is 55.6 Å². The number of halogens is 2. The lowest BCUT2D eigenvalue weighted by Crippen LogP contribution is -2.57. The van der Waals surface area contributed by atoms with Crippen LogP contribution in [0, 0.1) is 5.92 Å². The third-order valence-corrected chi connectivity index (χ3v) is 2.61. The van der Waals surface area contributed by atoms with Gasteiger partial charge < -0.3 is 15.4 Å². The molecule has 4 nitrogen and oxygen atoms in total. The van der Waals surface area contributed by atoms with Crippen molar-refractivity contribution in [3.63, 3.8) is 0 Å². The lowest BCUT2D eigenvalue weighted by Gasteiger charge is -2.43. The predicted octanol–water partition coefficient (Wildman–Crippen LogP) is 1.84. The molecular weight excluding hydrogens is 230 g/mol. The van der Waals surface area contributed by atoms with Gasteiger partial charge in [-0.3, -0.25) is 0 Å². The van der Waals surface area contributed by atoms with Gasteiger partial charge in [0.1, 0.15) is 5.60 Å². The number of hydrogen-bond acceptors (Lipinski definition) is 3. The van der Waals surface area contributed by atoms with Crippen molar-refractivity contribution in [2.45, 2.75) is 38.7 Å². The first-order valence-corrected chi connectivity index (χ1v) is 5.71. The molecule has 1 heterocycles. The highest BCUT2D eigenvalue weighted by atomic mass is 19.3.